The second kappa shape index (κ2) is 6.99. The Kier molecular flexibility index (Phi) is 4.77. The summed E-state index contributed by atoms with van der Waals surface area (Å²) in [6, 6.07) is 10.8. The summed E-state index contributed by atoms with van der Waals surface area (Å²) in [5, 5.41) is 0. The van der Waals surface area contributed by atoms with Gasteiger partial charge in [0.15, 0.2) is 6.61 Å². The highest BCUT2D eigenvalue weighted by atomic mass is 32.2. The molecule has 130 valence electrons. The number of pyridine rings is 1. The molecule has 1 aromatic carbocycles. The number of carbonyl (C=O) groups excluding carboxylic acids is 2. The van der Waals surface area contributed by atoms with Crippen LogP contribution in [0.1, 0.15) is 11.6 Å². The van der Waals surface area contributed by atoms with E-state index in [2.05, 4.69) is 14.4 Å². The zero-order valence-corrected chi connectivity index (χ0v) is 13.8. The third kappa shape index (κ3) is 3.83. The van der Waals surface area contributed by atoms with Crippen molar-refractivity contribution in [3.05, 3.63) is 60.4 Å². The number of amides is 2. The van der Waals surface area contributed by atoms with E-state index in [-0.39, 0.29) is 18.0 Å². The molecular formula is C16H15N3O5S. The molecule has 0 spiro atoms. The topological polar surface area (TPSA) is 106 Å². The number of hydrogen-bond acceptors (Lipinski definition) is 6. The van der Waals surface area contributed by atoms with E-state index in [1.54, 1.807) is 30.3 Å². The normalized spacial score (nSPS) is 15.9. The lowest BCUT2D eigenvalue weighted by molar-refractivity contribution is -0.126. The Morgan fingerprint density at radius 1 is 1.16 bits per heavy atom. The Labute approximate surface area is 144 Å². The first-order chi connectivity index (χ1) is 12.0. The summed E-state index contributed by atoms with van der Waals surface area (Å²) >= 11 is 0. The minimum atomic E-state index is -3.89. The Morgan fingerprint density at radius 2 is 1.92 bits per heavy atom. The number of aromatic nitrogens is 1. The van der Waals surface area contributed by atoms with Gasteiger partial charge in [0.1, 0.15) is 4.90 Å². The predicted octanol–water partition coefficient (Wildman–Crippen LogP) is 1.08. The summed E-state index contributed by atoms with van der Waals surface area (Å²) in [5.74, 6) is -0.508. The van der Waals surface area contributed by atoms with Crippen molar-refractivity contribution in [1.82, 2.24) is 14.6 Å². The zero-order chi connectivity index (χ0) is 17.9. The molecule has 2 amide bonds. The van der Waals surface area contributed by atoms with Gasteiger partial charge in [-0.15, -0.1) is 0 Å². The third-order valence-corrected chi connectivity index (χ3v) is 5.11. The molecule has 1 aliphatic heterocycles. The van der Waals surface area contributed by atoms with Gasteiger partial charge >= 0.3 is 6.09 Å². The number of ether oxygens (including phenoxy) is 1. The first-order valence-electron chi connectivity index (χ1n) is 7.42. The molecule has 8 nitrogen and oxygen atoms in total. The molecule has 2 heterocycles. The van der Waals surface area contributed by atoms with Crippen molar-refractivity contribution in [2.24, 2.45) is 0 Å². The van der Waals surface area contributed by atoms with E-state index in [9.17, 15) is 18.0 Å². The maximum absolute atomic E-state index is 12.6. The number of sulfonamides is 1. The van der Waals surface area contributed by atoms with Gasteiger partial charge in [0, 0.05) is 12.4 Å². The van der Waals surface area contributed by atoms with E-state index in [1.807, 2.05) is 0 Å². The van der Waals surface area contributed by atoms with Crippen LogP contribution < -0.4 is 4.72 Å². The molecule has 0 unspecified atom stereocenters. The largest absolute Gasteiger partial charge is 0.439 e. The summed E-state index contributed by atoms with van der Waals surface area (Å²) in [6.07, 6.45) is 1.90. The quantitative estimate of drug-likeness (QED) is 0.825. The molecule has 2 aromatic rings. The van der Waals surface area contributed by atoms with Crippen LogP contribution in [0.15, 0.2) is 59.8 Å². The number of cyclic esters (lactones) is 1. The highest BCUT2D eigenvalue weighted by Gasteiger charge is 2.34. The average molecular weight is 361 g/mol. The number of benzene rings is 1. The van der Waals surface area contributed by atoms with Crippen molar-refractivity contribution in [3.8, 4) is 0 Å². The third-order valence-electron chi connectivity index (χ3n) is 3.65. The van der Waals surface area contributed by atoms with Crippen LogP contribution in [0.4, 0.5) is 4.79 Å². The molecule has 0 saturated carbocycles. The van der Waals surface area contributed by atoms with Gasteiger partial charge in [0.25, 0.3) is 5.91 Å². The number of hydrogen-bond donors (Lipinski definition) is 1. The summed E-state index contributed by atoms with van der Waals surface area (Å²) < 4.78 is 32.4. The second-order valence-corrected chi connectivity index (χ2v) is 7.05. The van der Waals surface area contributed by atoms with Crippen LogP contribution in [0.2, 0.25) is 0 Å². The molecule has 3 rings (SSSR count). The minimum Gasteiger partial charge on any atom is -0.439 e. The number of carbonyl (C=O) groups is 2. The number of imide groups is 1. The van der Waals surface area contributed by atoms with Gasteiger partial charge in [-0.05, 0) is 17.7 Å². The van der Waals surface area contributed by atoms with Crippen LogP contribution in [-0.2, 0) is 19.6 Å². The van der Waals surface area contributed by atoms with E-state index in [1.165, 1.54) is 24.5 Å². The van der Waals surface area contributed by atoms with Crippen molar-refractivity contribution in [2.75, 3.05) is 13.2 Å². The lowest BCUT2D eigenvalue weighted by atomic mass is 10.1. The summed E-state index contributed by atoms with van der Waals surface area (Å²) in [5.41, 5.74) is 0.613. The maximum Gasteiger partial charge on any atom is 0.417 e. The van der Waals surface area contributed by atoms with Crippen LogP contribution in [0.3, 0.4) is 0 Å². The Hall–Kier alpha value is -2.78. The molecule has 0 aliphatic carbocycles. The standard InChI is InChI=1S/C16H15N3O5S/c20-15-11-24-16(21)19(15)10-14(12-5-2-1-3-6-12)18-25(22,23)13-7-4-8-17-9-13/h1-9,14,18H,10-11H2/t14-/m0/s1. The van der Waals surface area contributed by atoms with E-state index in [0.29, 0.717) is 5.56 Å². The fraction of sp³-hybridized carbons (Fsp3) is 0.188. The second-order valence-electron chi connectivity index (χ2n) is 5.33. The fourth-order valence-electron chi connectivity index (χ4n) is 2.40. The number of nitrogens with one attached hydrogen (secondary N) is 1. The van der Waals surface area contributed by atoms with E-state index in [0.717, 1.165) is 4.90 Å². The van der Waals surface area contributed by atoms with Gasteiger partial charge in [-0.25, -0.2) is 22.8 Å². The Bertz CT molecular complexity index is 855. The van der Waals surface area contributed by atoms with E-state index >= 15 is 0 Å². The average Bonchev–Trinajstić information content (AvgIpc) is 2.94. The number of nitrogens with zero attached hydrogens (tertiary/aromatic N) is 2. The first kappa shape index (κ1) is 17.1. The molecule has 1 saturated heterocycles. The smallest absolute Gasteiger partial charge is 0.417 e. The monoisotopic (exact) mass is 361 g/mol. The lowest BCUT2D eigenvalue weighted by Gasteiger charge is -2.22. The van der Waals surface area contributed by atoms with Gasteiger partial charge in [-0.1, -0.05) is 30.3 Å². The molecule has 1 aromatic heterocycles. The van der Waals surface area contributed by atoms with Crippen LogP contribution in [0.25, 0.3) is 0 Å². The van der Waals surface area contributed by atoms with Crippen LogP contribution in [-0.4, -0.2) is 43.5 Å². The summed E-state index contributed by atoms with van der Waals surface area (Å²) in [4.78, 5) is 28.1. The van der Waals surface area contributed by atoms with Crippen molar-refractivity contribution in [3.63, 3.8) is 0 Å². The van der Waals surface area contributed by atoms with Gasteiger partial charge in [0.2, 0.25) is 10.0 Å². The minimum absolute atomic E-state index is 0.00810. The Morgan fingerprint density at radius 3 is 2.52 bits per heavy atom. The predicted molar refractivity (Wildman–Crippen MR) is 86.8 cm³/mol. The molecule has 0 bridgehead atoms. The van der Waals surface area contributed by atoms with Crippen molar-refractivity contribution < 1.29 is 22.7 Å². The van der Waals surface area contributed by atoms with Crippen molar-refractivity contribution in [2.45, 2.75) is 10.9 Å². The fourth-order valence-corrected chi connectivity index (χ4v) is 3.58. The van der Waals surface area contributed by atoms with Crippen LogP contribution in [0.5, 0.6) is 0 Å². The Balaban J connectivity index is 1.89. The molecular weight excluding hydrogens is 346 g/mol. The summed E-state index contributed by atoms with van der Waals surface area (Å²) in [7, 11) is -3.89. The van der Waals surface area contributed by atoms with Crippen LogP contribution in [0, 0.1) is 0 Å². The van der Waals surface area contributed by atoms with Crippen molar-refractivity contribution in [1.29, 1.82) is 0 Å². The van der Waals surface area contributed by atoms with Gasteiger partial charge in [0.05, 0.1) is 12.6 Å². The van der Waals surface area contributed by atoms with E-state index < -0.39 is 28.1 Å². The SMILES string of the molecule is O=C1COC(=O)N1C[C@H](NS(=O)(=O)c1cccnc1)c1ccccc1. The van der Waals surface area contributed by atoms with Crippen molar-refractivity contribution >= 4 is 22.0 Å². The molecule has 1 aliphatic rings. The molecule has 0 radical (unpaired) electrons. The van der Waals surface area contributed by atoms with Crippen LogP contribution >= 0.6 is 0 Å². The molecule has 25 heavy (non-hydrogen) atoms. The zero-order valence-electron chi connectivity index (χ0n) is 13.0. The lowest BCUT2D eigenvalue weighted by Crippen LogP contribution is -2.40. The molecule has 1 fully saturated rings. The molecule has 1 atom stereocenters. The highest BCUT2D eigenvalue weighted by molar-refractivity contribution is 7.89. The highest BCUT2D eigenvalue weighted by Crippen LogP contribution is 2.20. The molecule has 9 heteroatoms. The maximum atomic E-state index is 12.6. The van der Waals surface area contributed by atoms with Gasteiger partial charge in [-0.2, -0.15) is 0 Å². The number of rotatable bonds is 6. The first-order valence-corrected chi connectivity index (χ1v) is 8.90. The van der Waals surface area contributed by atoms with Gasteiger partial charge in [-0.3, -0.25) is 9.78 Å². The van der Waals surface area contributed by atoms with Gasteiger partial charge < -0.3 is 4.74 Å². The summed E-state index contributed by atoms with van der Waals surface area (Å²) in [6.45, 7) is -0.503. The molecule has 1 N–H and O–H groups in total. The van der Waals surface area contributed by atoms with E-state index in [4.69, 9.17) is 0 Å².